The van der Waals surface area contributed by atoms with E-state index in [9.17, 15) is 0 Å². The van der Waals surface area contributed by atoms with E-state index in [1.54, 1.807) is 0 Å². The fourth-order valence-corrected chi connectivity index (χ4v) is 6.24. The molecule has 0 radical (unpaired) electrons. The molecular formula is C32H22N8. The summed E-state index contributed by atoms with van der Waals surface area (Å²) >= 11 is 0. The maximum atomic E-state index is 5.21. The molecule has 1 aromatic heterocycles. The van der Waals surface area contributed by atoms with Gasteiger partial charge in [0.25, 0.3) is 0 Å². The average Bonchev–Trinajstić information content (AvgIpc) is 3.73. The molecule has 2 N–H and O–H groups in total. The van der Waals surface area contributed by atoms with E-state index in [1.807, 2.05) is 48.6 Å². The summed E-state index contributed by atoms with van der Waals surface area (Å²) in [5, 5.41) is 5.64. The molecule has 0 spiro atoms. The van der Waals surface area contributed by atoms with E-state index in [1.165, 1.54) is 0 Å². The van der Waals surface area contributed by atoms with Gasteiger partial charge in [0, 0.05) is 39.3 Å². The van der Waals surface area contributed by atoms with Gasteiger partial charge in [-0.1, -0.05) is 97.1 Å². The molecular weight excluding hydrogens is 496 g/mol. The molecule has 2 aromatic carbocycles. The molecule has 4 unspecified atom stereocenters. The van der Waals surface area contributed by atoms with E-state index in [4.69, 9.17) is 30.0 Å². The Hall–Kier alpha value is -5.24. The van der Waals surface area contributed by atoms with Crippen molar-refractivity contribution in [1.82, 2.24) is 10.3 Å². The van der Waals surface area contributed by atoms with Crippen LogP contribution in [0.2, 0.25) is 0 Å². The van der Waals surface area contributed by atoms with Gasteiger partial charge in [-0.25, -0.2) is 30.0 Å². The van der Waals surface area contributed by atoms with Crippen molar-refractivity contribution in [3.63, 3.8) is 0 Å². The van der Waals surface area contributed by atoms with Crippen LogP contribution in [-0.2, 0) is 0 Å². The van der Waals surface area contributed by atoms with Gasteiger partial charge >= 0.3 is 0 Å². The van der Waals surface area contributed by atoms with Gasteiger partial charge in [0.1, 0.15) is 28.8 Å². The predicted octanol–water partition coefficient (Wildman–Crippen LogP) is 3.68. The molecule has 3 aromatic rings. The monoisotopic (exact) mass is 518 g/mol. The Kier molecular flexibility index (Phi) is 4.40. The normalized spacial score (nSPS) is 31.0. The average molecular weight is 519 g/mol. The number of nitrogens with zero attached hydrogens (tertiary/aromatic N) is 6. The van der Waals surface area contributed by atoms with Crippen LogP contribution in [0.25, 0.3) is 10.8 Å². The molecule has 1 saturated heterocycles. The van der Waals surface area contributed by atoms with Crippen LogP contribution in [0.3, 0.4) is 0 Å². The summed E-state index contributed by atoms with van der Waals surface area (Å²) in [6.07, 6.45) is 16.6. The fourth-order valence-electron chi connectivity index (χ4n) is 6.24. The first-order valence-corrected chi connectivity index (χ1v) is 13.5. The molecule has 0 saturated carbocycles. The topological polar surface area (TPSA) is 102 Å². The van der Waals surface area contributed by atoms with Crippen molar-refractivity contribution in [1.29, 1.82) is 0 Å². The first-order valence-electron chi connectivity index (χ1n) is 13.5. The molecule has 5 heterocycles. The van der Waals surface area contributed by atoms with Crippen molar-refractivity contribution in [2.75, 3.05) is 0 Å². The quantitative estimate of drug-likeness (QED) is 0.466. The van der Waals surface area contributed by atoms with Crippen LogP contribution in [0.15, 0.2) is 138 Å². The first-order chi connectivity index (χ1) is 19.8. The number of aliphatic imine (C=N–C) groups is 4. The minimum absolute atomic E-state index is 0.0773. The first kappa shape index (κ1) is 21.7. The summed E-state index contributed by atoms with van der Waals surface area (Å²) in [6.45, 7) is 0. The van der Waals surface area contributed by atoms with Gasteiger partial charge in [0.15, 0.2) is 17.5 Å². The zero-order valence-corrected chi connectivity index (χ0v) is 21.2. The van der Waals surface area contributed by atoms with E-state index in [0.717, 1.165) is 44.3 Å². The number of H-pyrrole nitrogens is 1. The van der Waals surface area contributed by atoms with Crippen LogP contribution in [0.4, 0.5) is 0 Å². The molecule has 1 fully saturated rings. The summed E-state index contributed by atoms with van der Waals surface area (Å²) in [6, 6.07) is 16.3. The Labute approximate surface area is 228 Å². The molecule has 8 nitrogen and oxygen atoms in total. The van der Waals surface area contributed by atoms with Crippen molar-refractivity contribution >= 4 is 34.1 Å². The van der Waals surface area contributed by atoms with Crippen LogP contribution in [0.5, 0.6) is 0 Å². The van der Waals surface area contributed by atoms with Gasteiger partial charge in [-0.2, -0.15) is 0 Å². The van der Waals surface area contributed by atoms with E-state index in [2.05, 4.69) is 58.9 Å². The number of amidine groups is 4. The Morgan fingerprint density at radius 2 is 1.40 bits per heavy atom. The number of hydrogen-bond acceptors (Lipinski definition) is 7. The Morgan fingerprint density at radius 1 is 0.650 bits per heavy atom. The zero-order chi connectivity index (χ0) is 26.2. The largest absolute Gasteiger partial charge is 0.351 e. The van der Waals surface area contributed by atoms with E-state index in [0.29, 0.717) is 23.3 Å². The zero-order valence-electron chi connectivity index (χ0n) is 21.2. The van der Waals surface area contributed by atoms with E-state index < -0.39 is 0 Å². The number of rotatable bonds is 0. The number of fused-ring (bicyclic) bond motifs is 17. The molecule has 2 aliphatic carbocycles. The minimum atomic E-state index is -0.199. The highest BCUT2D eigenvalue weighted by Gasteiger charge is 2.40. The van der Waals surface area contributed by atoms with E-state index >= 15 is 0 Å². The summed E-state index contributed by atoms with van der Waals surface area (Å²) < 4.78 is 0. The molecule has 8 heteroatoms. The minimum Gasteiger partial charge on any atom is -0.351 e. The molecule has 6 aliphatic rings. The lowest BCUT2D eigenvalue weighted by Gasteiger charge is -2.16. The molecule has 0 amide bonds. The number of aromatic amines is 1. The van der Waals surface area contributed by atoms with Crippen LogP contribution in [-0.4, -0.2) is 34.5 Å². The van der Waals surface area contributed by atoms with Crippen LogP contribution in [0, 0.1) is 17.8 Å². The lowest BCUT2D eigenvalue weighted by molar-refractivity contribution is 0.492. The highest BCUT2D eigenvalue weighted by atomic mass is 15.2. The molecule has 190 valence electrons. The Bertz CT molecular complexity index is 2060. The lowest BCUT2D eigenvalue weighted by Crippen LogP contribution is -2.29. The number of allylic oxidation sites excluding steroid dienone is 5. The van der Waals surface area contributed by atoms with Gasteiger partial charge in [0.2, 0.25) is 0 Å². The molecule has 40 heavy (non-hydrogen) atoms. The maximum Gasteiger partial charge on any atom is 0.164 e. The third-order valence-corrected chi connectivity index (χ3v) is 8.16. The number of hydrogen-bond donors (Lipinski definition) is 2. The van der Waals surface area contributed by atoms with Gasteiger partial charge in [0.05, 0.1) is 5.92 Å². The second-order valence-corrected chi connectivity index (χ2v) is 10.5. The highest BCUT2D eigenvalue weighted by Crippen LogP contribution is 2.36. The molecule has 4 aliphatic heterocycles. The van der Waals surface area contributed by atoms with Gasteiger partial charge in [-0.15, -0.1) is 0 Å². The standard InChI is InChI=1S/C32H22N8/c1-2-10-18-17(9-1)25-33-26(18)38-28-21-13-5-6-14-22(21)30(35-28)40-32-24-16-8-7-15-23(24)31(36-32)39-29-20-12-4-3-11-19(20)27(34-29)37-25/h1-18,20,26H,(H,33,37)(H,34,35,36,38,39,40). The summed E-state index contributed by atoms with van der Waals surface area (Å²) in [5.41, 5.74) is 4.42. The SMILES string of the molecule is C1=CC2=C3N=C(/N=C4N=C(/N=c5\[nH]/c(c6ccccc56)=N\C5N/C(=N\3)C3C=CC=CC53)c3ccccc3\4)C2C=C1. The number of benzene rings is 2. The van der Waals surface area contributed by atoms with Crippen LogP contribution >= 0.6 is 0 Å². The summed E-state index contributed by atoms with van der Waals surface area (Å²) in [5.74, 6) is 3.57. The van der Waals surface area contributed by atoms with Crippen molar-refractivity contribution < 1.29 is 0 Å². The summed E-state index contributed by atoms with van der Waals surface area (Å²) in [4.78, 5) is 33.8. The smallest absolute Gasteiger partial charge is 0.164 e. The molecule has 8 bridgehead atoms. The van der Waals surface area contributed by atoms with Crippen molar-refractivity contribution in [3.05, 3.63) is 131 Å². The second kappa shape index (κ2) is 8.13. The Balaban J connectivity index is 1.35. The fraction of sp³-hybridized carbons (Fsp3) is 0.125. The van der Waals surface area contributed by atoms with Crippen molar-refractivity contribution in [2.24, 2.45) is 47.7 Å². The lowest BCUT2D eigenvalue weighted by atomic mass is 9.89. The molecule has 9 rings (SSSR count). The third-order valence-electron chi connectivity index (χ3n) is 8.16. The van der Waals surface area contributed by atoms with Crippen LogP contribution < -0.4 is 16.3 Å². The maximum absolute atomic E-state index is 5.21. The van der Waals surface area contributed by atoms with Crippen molar-refractivity contribution in [3.8, 4) is 0 Å². The highest BCUT2D eigenvalue weighted by molar-refractivity contribution is 6.25. The predicted molar refractivity (Wildman–Crippen MR) is 156 cm³/mol. The molecule has 4 atom stereocenters. The Morgan fingerprint density at radius 3 is 2.27 bits per heavy atom. The van der Waals surface area contributed by atoms with Gasteiger partial charge < -0.3 is 10.3 Å². The van der Waals surface area contributed by atoms with Gasteiger partial charge in [-0.3, -0.25) is 0 Å². The number of aromatic nitrogens is 1. The van der Waals surface area contributed by atoms with Crippen LogP contribution in [0.1, 0.15) is 11.1 Å². The number of nitrogens with one attached hydrogen (secondary N) is 2. The van der Waals surface area contributed by atoms with E-state index in [-0.39, 0.29) is 23.9 Å². The third kappa shape index (κ3) is 3.13. The second-order valence-electron chi connectivity index (χ2n) is 10.5. The summed E-state index contributed by atoms with van der Waals surface area (Å²) in [7, 11) is 0. The van der Waals surface area contributed by atoms with Crippen molar-refractivity contribution in [2.45, 2.75) is 6.17 Å². The van der Waals surface area contributed by atoms with Gasteiger partial charge in [-0.05, 0) is 0 Å².